The Labute approximate surface area is 145 Å². The molecule has 5 nitrogen and oxygen atoms in total. The Balaban J connectivity index is 0.000000181. The van der Waals surface area contributed by atoms with Gasteiger partial charge in [0.1, 0.15) is 11.5 Å². The van der Waals surface area contributed by atoms with E-state index in [9.17, 15) is 9.59 Å². The largest absolute Gasteiger partial charge is 0.457 e. The van der Waals surface area contributed by atoms with Crippen LogP contribution in [0.1, 0.15) is 20.7 Å². The van der Waals surface area contributed by atoms with Gasteiger partial charge in [-0.2, -0.15) is 0 Å². The smallest absolute Gasteiger partial charge is 0.248 e. The second-order valence-electron chi connectivity index (χ2n) is 5.04. The van der Waals surface area contributed by atoms with E-state index in [0.29, 0.717) is 0 Å². The van der Waals surface area contributed by atoms with Crippen LogP contribution in [0.15, 0.2) is 84.9 Å². The number of rotatable bonds is 4. The van der Waals surface area contributed by atoms with Gasteiger partial charge in [-0.15, -0.1) is 0 Å². The molecule has 25 heavy (non-hydrogen) atoms. The maximum absolute atomic E-state index is 10.6. The summed E-state index contributed by atoms with van der Waals surface area (Å²) in [6.07, 6.45) is 0. The fraction of sp³-hybridized carbons (Fsp3) is 0. The number of ether oxygens (including phenoxy) is 1. The molecule has 0 aromatic heterocycles. The number of carbonyl (C=O) groups is 2. The summed E-state index contributed by atoms with van der Waals surface area (Å²) in [5, 5.41) is 0. The second kappa shape index (κ2) is 8.88. The predicted octanol–water partition coefficient (Wildman–Crippen LogP) is 3.36. The average molecular weight is 334 g/mol. The van der Waals surface area contributed by atoms with Crippen molar-refractivity contribution < 1.29 is 14.3 Å². The first kappa shape index (κ1) is 17.7. The topological polar surface area (TPSA) is 95.4 Å². The second-order valence-corrected chi connectivity index (χ2v) is 5.04. The summed E-state index contributed by atoms with van der Waals surface area (Å²) in [5.74, 6) is 0.596. The first-order valence-electron chi connectivity index (χ1n) is 7.54. The summed E-state index contributed by atoms with van der Waals surface area (Å²) in [4.78, 5) is 21.3. The first-order chi connectivity index (χ1) is 12.1. The molecule has 2 amide bonds. The third-order valence-electron chi connectivity index (χ3n) is 3.15. The van der Waals surface area contributed by atoms with Gasteiger partial charge in [-0.1, -0.05) is 42.5 Å². The number of hydrogen-bond acceptors (Lipinski definition) is 3. The number of para-hydroxylation sites is 2. The number of benzene rings is 3. The van der Waals surface area contributed by atoms with Crippen LogP contribution in [0, 0.1) is 0 Å². The summed E-state index contributed by atoms with van der Waals surface area (Å²) < 4.78 is 5.58. The van der Waals surface area contributed by atoms with Gasteiger partial charge in [-0.3, -0.25) is 9.59 Å². The molecule has 0 radical (unpaired) electrons. The summed E-state index contributed by atoms with van der Waals surface area (Å²) in [7, 11) is 0. The van der Waals surface area contributed by atoms with Crippen LogP contribution in [0.5, 0.6) is 11.5 Å². The zero-order valence-corrected chi connectivity index (χ0v) is 13.5. The molecule has 0 atom stereocenters. The van der Waals surface area contributed by atoms with E-state index in [0.717, 1.165) is 11.5 Å². The van der Waals surface area contributed by atoms with Crippen LogP contribution in [-0.4, -0.2) is 11.8 Å². The lowest BCUT2D eigenvalue weighted by molar-refractivity contribution is 0.0999. The highest BCUT2D eigenvalue weighted by Gasteiger charge is 2.03. The van der Waals surface area contributed by atoms with E-state index in [1.807, 2.05) is 60.7 Å². The Bertz CT molecular complexity index is 767. The van der Waals surface area contributed by atoms with Gasteiger partial charge in [0.15, 0.2) is 0 Å². The quantitative estimate of drug-likeness (QED) is 0.765. The summed E-state index contributed by atoms with van der Waals surface area (Å²) >= 11 is 0. The van der Waals surface area contributed by atoms with Crippen LogP contribution in [0.2, 0.25) is 0 Å². The van der Waals surface area contributed by atoms with E-state index in [1.54, 1.807) is 6.07 Å². The lowest BCUT2D eigenvalue weighted by Crippen LogP contribution is -2.14. The van der Waals surface area contributed by atoms with Gasteiger partial charge < -0.3 is 16.2 Å². The van der Waals surface area contributed by atoms with Gasteiger partial charge in [0.25, 0.3) is 0 Å². The predicted molar refractivity (Wildman–Crippen MR) is 96.4 cm³/mol. The standard InChI is InChI=1S/C12H10O.C8H8N2O2/c1-3-7-11(8-4-1)13-12-9-5-2-6-10-12;9-7(11)5-2-1-3-6(4-5)8(10)12/h1-10H;1-4H,(H2,9,11)(H2,10,12). The lowest BCUT2D eigenvalue weighted by Gasteiger charge is -2.03. The van der Waals surface area contributed by atoms with Crippen molar-refractivity contribution >= 4 is 11.8 Å². The van der Waals surface area contributed by atoms with Crippen LogP contribution in [-0.2, 0) is 0 Å². The van der Waals surface area contributed by atoms with E-state index in [-0.39, 0.29) is 11.1 Å². The number of primary amides is 2. The van der Waals surface area contributed by atoms with Crippen molar-refractivity contribution in [1.82, 2.24) is 0 Å². The Morgan fingerprint density at radius 1 is 0.600 bits per heavy atom. The molecule has 0 aliphatic heterocycles. The number of hydrogen-bond donors (Lipinski definition) is 2. The van der Waals surface area contributed by atoms with Gasteiger partial charge in [0.05, 0.1) is 0 Å². The zero-order chi connectivity index (χ0) is 18.1. The third-order valence-corrected chi connectivity index (χ3v) is 3.15. The van der Waals surface area contributed by atoms with Crippen molar-refractivity contribution in [1.29, 1.82) is 0 Å². The molecule has 0 saturated heterocycles. The first-order valence-corrected chi connectivity index (χ1v) is 7.54. The van der Waals surface area contributed by atoms with Crippen LogP contribution >= 0.6 is 0 Å². The molecular formula is C20H18N2O3. The fourth-order valence-corrected chi connectivity index (χ4v) is 1.94. The minimum atomic E-state index is -0.571. The van der Waals surface area contributed by atoms with Crippen LogP contribution in [0.25, 0.3) is 0 Å². The summed E-state index contributed by atoms with van der Waals surface area (Å²) in [5.41, 5.74) is 10.6. The molecule has 0 spiro atoms. The van der Waals surface area contributed by atoms with Gasteiger partial charge in [0, 0.05) is 11.1 Å². The highest BCUT2D eigenvalue weighted by Crippen LogP contribution is 2.19. The number of carbonyl (C=O) groups excluding carboxylic acids is 2. The van der Waals surface area contributed by atoms with E-state index < -0.39 is 11.8 Å². The monoisotopic (exact) mass is 334 g/mol. The number of nitrogens with two attached hydrogens (primary N) is 2. The van der Waals surface area contributed by atoms with Gasteiger partial charge >= 0.3 is 0 Å². The molecule has 0 saturated carbocycles. The molecule has 0 heterocycles. The molecule has 126 valence electrons. The molecule has 0 aliphatic rings. The van der Waals surface area contributed by atoms with E-state index in [4.69, 9.17) is 16.2 Å². The molecule has 0 unspecified atom stereocenters. The molecular weight excluding hydrogens is 316 g/mol. The maximum Gasteiger partial charge on any atom is 0.248 e. The Hall–Kier alpha value is -3.60. The molecule has 3 rings (SSSR count). The average Bonchev–Trinajstić information content (AvgIpc) is 2.64. The molecule has 5 heteroatoms. The molecule has 0 bridgehead atoms. The van der Waals surface area contributed by atoms with E-state index >= 15 is 0 Å². The van der Waals surface area contributed by atoms with Crippen molar-refractivity contribution in [3.05, 3.63) is 96.1 Å². The van der Waals surface area contributed by atoms with Crippen molar-refractivity contribution in [2.24, 2.45) is 11.5 Å². The van der Waals surface area contributed by atoms with Crippen LogP contribution in [0.3, 0.4) is 0 Å². The Morgan fingerprint density at radius 2 is 1.00 bits per heavy atom. The van der Waals surface area contributed by atoms with Gasteiger partial charge in [-0.25, -0.2) is 0 Å². The van der Waals surface area contributed by atoms with Gasteiger partial charge in [0.2, 0.25) is 11.8 Å². The molecule has 3 aromatic carbocycles. The molecule has 3 aromatic rings. The van der Waals surface area contributed by atoms with Crippen molar-refractivity contribution in [3.63, 3.8) is 0 Å². The highest BCUT2D eigenvalue weighted by molar-refractivity contribution is 5.98. The fourth-order valence-electron chi connectivity index (χ4n) is 1.94. The lowest BCUT2D eigenvalue weighted by atomic mass is 10.1. The van der Waals surface area contributed by atoms with E-state index in [2.05, 4.69) is 0 Å². The summed E-state index contributed by atoms with van der Waals surface area (Å²) in [6, 6.07) is 25.5. The highest BCUT2D eigenvalue weighted by atomic mass is 16.5. The van der Waals surface area contributed by atoms with Crippen molar-refractivity contribution in [2.75, 3.05) is 0 Å². The number of amides is 2. The van der Waals surface area contributed by atoms with Gasteiger partial charge in [-0.05, 0) is 42.5 Å². The summed E-state index contributed by atoms with van der Waals surface area (Å²) in [6.45, 7) is 0. The Kier molecular flexibility index (Phi) is 6.31. The third kappa shape index (κ3) is 5.84. The zero-order valence-electron chi connectivity index (χ0n) is 13.5. The maximum atomic E-state index is 10.6. The normalized spacial score (nSPS) is 9.44. The SMILES string of the molecule is NC(=O)c1cccc(C(N)=O)c1.c1ccc(Oc2ccccc2)cc1. The van der Waals surface area contributed by atoms with Crippen molar-refractivity contribution in [2.45, 2.75) is 0 Å². The molecule has 4 N–H and O–H groups in total. The Morgan fingerprint density at radius 3 is 1.36 bits per heavy atom. The molecule has 0 fully saturated rings. The van der Waals surface area contributed by atoms with Crippen LogP contribution < -0.4 is 16.2 Å². The molecule has 0 aliphatic carbocycles. The minimum Gasteiger partial charge on any atom is -0.457 e. The minimum absolute atomic E-state index is 0.284. The van der Waals surface area contributed by atoms with E-state index in [1.165, 1.54) is 18.2 Å². The van der Waals surface area contributed by atoms with Crippen LogP contribution in [0.4, 0.5) is 0 Å². The van der Waals surface area contributed by atoms with Crippen molar-refractivity contribution in [3.8, 4) is 11.5 Å².